The molecule has 1 aliphatic rings. The van der Waals surface area contributed by atoms with Crippen LogP contribution in [0.15, 0.2) is 0 Å². The van der Waals surface area contributed by atoms with E-state index in [1.165, 1.54) is 12.8 Å². The molecule has 3 atom stereocenters. The zero-order valence-corrected chi connectivity index (χ0v) is 7.55. The van der Waals surface area contributed by atoms with Crippen LogP contribution in [0.5, 0.6) is 0 Å². The standard InChI is InChI=1S/C9H19NO/c1-3-7-4-5-8(10)9(6-7)11-2/h7-9H,3-6,10H2,1-2H3. The third-order valence-corrected chi connectivity index (χ3v) is 2.83. The third kappa shape index (κ3) is 2.17. The molecule has 0 aromatic rings. The molecule has 1 rings (SSSR count). The van der Waals surface area contributed by atoms with E-state index in [9.17, 15) is 0 Å². The predicted octanol–water partition coefficient (Wildman–Crippen LogP) is 1.54. The van der Waals surface area contributed by atoms with Crippen molar-refractivity contribution in [2.45, 2.75) is 44.8 Å². The number of nitrogens with two attached hydrogens (primary N) is 1. The van der Waals surface area contributed by atoms with Crippen LogP contribution in [-0.2, 0) is 4.74 Å². The van der Waals surface area contributed by atoms with Gasteiger partial charge in [-0.25, -0.2) is 0 Å². The molecule has 11 heavy (non-hydrogen) atoms. The second kappa shape index (κ2) is 4.07. The van der Waals surface area contributed by atoms with Gasteiger partial charge < -0.3 is 10.5 Å². The summed E-state index contributed by atoms with van der Waals surface area (Å²) in [7, 11) is 1.77. The van der Waals surface area contributed by atoms with Crippen molar-refractivity contribution in [2.24, 2.45) is 11.7 Å². The van der Waals surface area contributed by atoms with Crippen molar-refractivity contribution in [1.82, 2.24) is 0 Å². The second-order valence-corrected chi connectivity index (χ2v) is 3.53. The van der Waals surface area contributed by atoms with Crippen LogP contribution < -0.4 is 5.73 Å². The minimum Gasteiger partial charge on any atom is -0.380 e. The summed E-state index contributed by atoms with van der Waals surface area (Å²) in [6, 6.07) is 0.280. The Morgan fingerprint density at radius 3 is 2.73 bits per heavy atom. The molecule has 0 aromatic heterocycles. The number of rotatable bonds is 2. The van der Waals surface area contributed by atoms with Crippen molar-refractivity contribution in [3.63, 3.8) is 0 Å². The van der Waals surface area contributed by atoms with Gasteiger partial charge in [0.25, 0.3) is 0 Å². The quantitative estimate of drug-likeness (QED) is 0.660. The topological polar surface area (TPSA) is 35.2 Å². The van der Waals surface area contributed by atoms with Crippen LogP contribution >= 0.6 is 0 Å². The largest absolute Gasteiger partial charge is 0.380 e. The Bertz CT molecular complexity index is 116. The average molecular weight is 157 g/mol. The van der Waals surface area contributed by atoms with Gasteiger partial charge in [0.05, 0.1) is 6.10 Å². The molecule has 1 saturated carbocycles. The molecule has 0 bridgehead atoms. The SMILES string of the molecule is CCC1CCC(N)C(OC)C1. The molecule has 0 aliphatic heterocycles. The van der Waals surface area contributed by atoms with Crippen LogP contribution in [0.25, 0.3) is 0 Å². The summed E-state index contributed by atoms with van der Waals surface area (Å²) in [5, 5.41) is 0. The van der Waals surface area contributed by atoms with Crippen molar-refractivity contribution in [1.29, 1.82) is 0 Å². The van der Waals surface area contributed by atoms with Gasteiger partial charge in [-0.2, -0.15) is 0 Å². The molecule has 0 aromatic carbocycles. The predicted molar refractivity (Wildman–Crippen MR) is 46.4 cm³/mol. The fourth-order valence-electron chi connectivity index (χ4n) is 1.88. The van der Waals surface area contributed by atoms with Crippen LogP contribution in [0.2, 0.25) is 0 Å². The molecule has 0 radical (unpaired) electrons. The van der Waals surface area contributed by atoms with Crippen LogP contribution in [-0.4, -0.2) is 19.3 Å². The van der Waals surface area contributed by atoms with Crippen LogP contribution in [0, 0.1) is 5.92 Å². The molecule has 66 valence electrons. The lowest BCUT2D eigenvalue weighted by atomic mass is 9.83. The number of hydrogen-bond donors (Lipinski definition) is 1. The fraction of sp³-hybridized carbons (Fsp3) is 1.00. The van der Waals surface area contributed by atoms with E-state index < -0.39 is 0 Å². The van der Waals surface area contributed by atoms with Gasteiger partial charge in [-0.05, 0) is 25.2 Å². The van der Waals surface area contributed by atoms with E-state index in [4.69, 9.17) is 10.5 Å². The molecular weight excluding hydrogens is 138 g/mol. The molecule has 1 aliphatic carbocycles. The van der Waals surface area contributed by atoms with Gasteiger partial charge in [0, 0.05) is 13.2 Å². The summed E-state index contributed by atoms with van der Waals surface area (Å²) in [4.78, 5) is 0. The van der Waals surface area contributed by atoms with Gasteiger partial charge in [-0.1, -0.05) is 13.3 Å². The Morgan fingerprint density at radius 2 is 2.18 bits per heavy atom. The molecule has 0 heterocycles. The van der Waals surface area contributed by atoms with E-state index in [1.807, 2.05) is 0 Å². The highest BCUT2D eigenvalue weighted by molar-refractivity contribution is 4.82. The first-order valence-electron chi connectivity index (χ1n) is 4.56. The van der Waals surface area contributed by atoms with E-state index in [1.54, 1.807) is 7.11 Å². The molecule has 0 amide bonds. The summed E-state index contributed by atoms with van der Waals surface area (Å²) in [5.41, 5.74) is 5.88. The zero-order valence-electron chi connectivity index (χ0n) is 7.55. The lowest BCUT2D eigenvalue weighted by Gasteiger charge is -2.32. The minimum absolute atomic E-state index is 0.280. The third-order valence-electron chi connectivity index (χ3n) is 2.83. The van der Waals surface area contributed by atoms with Crippen molar-refractivity contribution in [2.75, 3.05) is 7.11 Å². The summed E-state index contributed by atoms with van der Waals surface area (Å²) < 4.78 is 5.31. The maximum absolute atomic E-state index is 5.88. The van der Waals surface area contributed by atoms with Crippen LogP contribution in [0.1, 0.15) is 32.6 Å². The lowest BCUT2D eigenvalue weighted by molar-refractivity contribution is 0.0341. The van der Waals surface area contributed by atoms with Crippen molar-refractivity contribution in [3.05, 3.63) is 0 Å². The van der Waals surface area contributed by atoms with Gasteiger partial charge in [0.15, 0.2) is 0 Å². The van der Waals surface area contributed by atoms with E-state index in [-0.39, 0.29) is 6.04 Å². The summed E-state index contributed by atoms with van der Waals surface area (Å²) in [6.45, 7) is 2.24. The summed E-state index contributed by atoms with van der Waals surface area (Å²) in [5.74, 6) is 0.847. The summed E-state index contributed by atoms with van der Waals surface area (Å²) >= 11 is 0. The number of hydrogen-bond acceptors (Lipinski definition) is 2. The summed E-state index contributed by atoms with van der Waals surface area (Å²) in [6.07, 6.45) is 5.17. The van der Waals surface area contributed by atoms with Crippen molar-refractivity contribution < 1.29 is 4.74 Å². The van der Waals surface area contributed by atoms with Crippen LogP contribution in [0.4, 0.5) is 0 Å². The first kappa shape index (κ1) is 9.01. The molecule has 1 fully saturated rings. The fourth-order valence-corrected chi connectivity index (χ4v) is 1.88. The smallest absolute Gasteiger partial charge is 0.0724 e. The Hall–Kier alpha value is -0.0800. The van der Waals surface area contributed by atoms with Crippen molar-refractivity contribution >= 4 is 0 Å². The molecule has 3 unspecified atom stereocenters. The monoisotopic (exact) mass is 157 g/mol. The Kier molecular flexibility index (Phi) is 3.34. The van der Waals surface area contributed by atoms with Crippen molar-refractivity contribution in [3.8, 4) is 0 Å². The normalized spacial score (nSPS) is 39.0. The highest BCUT2D eigenvalue weighted by Crippen LogP contribution is 2.27. The highest BCUT2D eigenvalue weighted by Gasteiger charge is 2.26. The maximum atomic E-state index is 5.88. The molecule has 2 N–H and O–H groups in total. The molecular formula is C9H19NO. The first-order chi connectivity index (χ1) is 5.27. The molecule has 2 nitrogen and oxygen atoms in total. The number of ether oxygens (including phenoxy) is 1. The van der Waals surface area contributed by atoms with E-state index >= 15 is 0 Å². The van der Waals surface area contributed by atoms with Gasteiger partial charge in [0.2, 0.25) is 0 Å². The maximum Gasteiger partial charge on any atom is 0.0724 e. The minimum atomic E-state index is 0.280. The Labute approximate surface area is 69.1 Å². The van der Waals surface area contributed by atoms with Gasteiger partial charge >= 0.3 is 0 Å². The Morgan fingerprint density at radius 1 is 1.45 bits per heavy atom. The Balaban J connectivity index is 2.37. The molecule has 2 heteroatoms. The lowest BCUT2D eigenvalue weighted by Crippen LogP contribution is -2.41. The van der Waals surface area contributed by atoms with Gasteiger partial charge in [-0.3, -0.25) is 0 Å². The van der Waals surface area contributed by atoms with Gasteiger partial charge in [-0.15, -0.1) is 0 Å². The average Bonchev–Trinajstić information content (AvgIpc) is 2.05. The number of methoxy groups -OCH3 is 1. The molecule has 0 saturated heterocycles. The van der Waals surface area contributed by atoms with E-state index in [0.29, 0.717) is 6.10 Å². The first-order valence-corrected chi connectivity index (χ1v) is 4.56. The highest BCUT2D eigenvalue weighted by atomic mass is 16.5. The zero-order chi connectivity index (χ0) is 8.27. The van der Waals surface area contributed by atoms with E-state index in [0.717, 1.165) is 18.8 Å². The van der Waals surface area contributed by atoms with E-state index in [2.05, 4.69) is 6.92 Å². The molecule has 0 spiro atoms. The van der Waals surface area contributed by atoms with Crippen LogP contribution in [0.3, 0.4) is 0 Å². The van der Waals surface area contributed by atoms with Gasteiger partial charge in [0.1, 0.15) is 0 Å². The second-order valence-electron chi connectivity index (χ2n) is 3.53.